The van der Waals surface area contributed by atoms with Gasteiger partial charge in [-0.3, -0.25) is 9.69 Å². The number of alkyl halides is 3. The molecule has 0 radical (unpaired) electrons. The number of nitrogens with zero attached hydrogens (tertiary/aromatic N) is 3. The van der Waals surface area contributed by atoms with E-state index >= 15 is 0 Å². The van der Waals surface area contributed by atoms with Crippen LogP contribution in [0.2, 0.25) is 0 Å². The van der Waals surface area contributed by atoms with E-state index in [9.17, 15) is 18.0 Å². The molecule has 3 aliphatic rings. The molecule has 2 heterocycles. The fourth-order valence-corrected chi connectivity index (χ4v) is 5.82. The zero-order chi connectivity index (χ0) is 25.3. The van der Waals surface area contributed by atoms with Crippen LogP contribution in [0.4, 0.5) is 18.9 Å². The standard InChI is InChI=1S/C28H31F3N4O/c29-28(30,31)26-14-23(9-6-21(26)15-32)35-12-10-20(11-13-35)24-17-34(16-19-4-2-1-3-5-19)18-25(24)27(36)33-22-7-8-22/h1-6,9,14,20,22,24-25H,7-8,10-13,16-18H2,(H,33,36)/t24-,25+/m0/s1. The van der Waals surface area contributed by atoms with E-state index in [1.807, 2.05) is 23.1 Å². The first-order valence-corrected chi connectivity index (χ1v) is 12.7. The van der Waals surface area contributed by atoms with Gasteiger partial charge >= 0.3 is 6.18 Å². The Hall–Kier alpha value is -3.05. The highest BCUT2D eigenvalue weighted by Crippen LogP contribution is 2.39. The van der Waals surface area contributed by atoms with Gasteiger partial charge in [-0.25, -0.2) is 0 Å². The van der Waals surface area contributed by atoms with Crippen LogP contribution in [0.5, 0.6) is 0 Å². The third kappa shape index (κ3) is 5.52. The Bertz CT molecular complexity index is 1120. The SMILES string of the molecule is N#Cc1ccc(N2CCC([C@@H]3CN(Cc4ccccc4)C[C@H]3C(=O)NC3CC3)CC2)cc1C(F)(F)F. The topological polar surface area (TPSA) is 59.4 Å². The second-order valence-corrected chi connectivity index (χ2v) is 10.4. The quantitative estimate of drug-likeness (QED) is 0.623. The number of carbonyl (C=O) groups excluding carboxylic acids is 1. The molecule has 2 atom stereocenters. The lowest BCUT2D eigenvalue weighted by atomic mass is 9.78. The van der Waals surface area contributed by atoms with Crippen molar-refractivity contribution in [1.29, 1.82) is 5.26 Å². The molecule has 0 bridgehead atoms. The van der Waals surface area contributed by atoms with Crippen LogP contribution < -0.4 is 10.2 Å². The molecule has 3 fully saturated rings. The number of nitrogens with one attached hydrogen (secondary N) is 1. The van der Waals surface area contributed by atoms with Crippen molar-refractivity contribution in [3.05, 3.63) is 65.2 Å². The first kappa shape index (κ1) is 24.6. The van der Waals surface area contributed by atoms with Gasteiger partial charge in [0.1, 0.15) is 0 Å². The van der Waals surface area contributed by atoms with Gasteiger partial charge in [0, 0.05) is 44.5 Å². The highest BCUT2D eigenvalue weighted by molar-refractivity contribution is 5.80. The van der Waals surface area contributed by atoms with Crippen molar-refractivity contribution < 1.29 is 18.0 Å². The molecule has 0 spiro atoms. The predicted molar refractivity (Wildman–Crippen MR) is 131 cm³/mol. The molecule has 0 unspecified atom stereocenters. The van der Waals surface area contributed by atoms with Crippen LogP contribution in [0, 0.1) is 29.1 Å². The Labute approximate surface area is 209 Å². The molecule has 1 amide bonds. The summed E-state index contributed by atoms with van der Waals surface area (Å²) in [5.74, 6) is 0.679. The smallest absolute Gasteiger partial charge is 0.372 e. The van der Waals surface area contributed by atoms with Crippen molar-refractivity contribution in [3.8, 4) is 6.07 Å². The van der Waals surface area contributed by atoms with Crippen molar-refractivity contribution in [2.45, 2.75) is 44.4 Å². The molecule has 0 aromatic heterocycles. The molecular weight excluding hydrogens is 465 g/mol. The van der Waals surface area contributed by atoms with Crippen LogP contribution in [0.1, 0.15) is 42.4 Å². The van der Waals surface area contributed by atoms with E-state index in [0.29, 0.717) is 30.7 Å². The average molecular weight is 497 g/mol. The summed E-state index contributed by atoms with van der Waals surface area (Å²) in [6, 6.07) is 16.2. The molecule has 1 saturated carbocycles. The first-order chi connectivity index (χ1) is 17.3. The molecule has 2 saturated heterocycles. The Kier molecular flexibility index (Phi) is 6.94. The number of hydrogen-bond acceptors (Lipinski definition) is 4. The van der Waals surface area contributed by atoms with Gasteiger partial charge in [-0.05, 0) is 61.3 Å². The number of rotatable bonds is 6. The Morgan fingerprint density at radius 1 is 1.03 bits per heavy atom. The molecule has 5 nitrogen and oxygen atoms in total. The lowest BCUT2D eigenvalue weighted by Gasteiger charge is -2.37. The predicted octanol–water partition coefficient (Wildman–Crippen LogP) is 4.82. The lowest BCUT2D eigenvalue weighted by Crippen LogP contribution is -2.42. The maximum atomic E-state index is 13.4. The summed E-state index contributed by atoms with van der Waals surface area (Å²) in [6.07, 6.45) is -0.788. The number of amides is 1. The molecule has 36 heavy (non-hydrogen) atoms. The van der Waals surface area contributed by atoms with E-state index < -0.39 is 11.7 Å². The summed E-state index contributed by atoms with van der Waals surface area (Å²) in [5, 5.41) is 12.3. The largest absolute Gasteiger partial charge is 0.417 e. The molecule has 2 aromatic carbocycles. The maximum absolute atomic E-state index is 13.4. The Morgan fingerprint density at radius 2 is 1.75 bits per heavy atom. The summed E-state index contributed by atoms with van der Waals surface area (Å²) in [4.78, 5) is 17.5. The second-order valence-electron chi connectivity index (χ2n) is 10.4. The van der Waals surface area contributed by atoms with Crippen molar-refractivity contribution in [2.24, 2.45) is 17.8 Å². The van der Waals surface area contributed by atoms with Crippen molar-refractivity contribution in [2.75, 3.05) is 31.1 Å². The number of carbonyl (C=O) groups is 1. The number of benzene rings is 2. The van der Waals surface area contributed by atoms with Crippen LogP contribution in [-0.2, 0) is 17.5 Å². The van der Waals surface area contributed by atoms with Gasteiger partial charge in [-0.1, -0.05) is 30.3 Å². The van der Waals surface area contributed by atoms with E-state index in [2.05, 4.69) is 22.3 Å². The molecular formula is C28H31F3N4O. The Balaban J connectivity index is 1.27. The number of halogens is 3. The zero-order valence-corrected chi connectivity index (χ0v) is 20.2. The summed E-state index contributed by atoms with van der Waals surface area (Å²) >= 11 is 0. The fourth-order valence-electron chi connectivity index (χ4n) is 5.82. The maximum Gasteiger partial charge on any atom is 0.417 e. The van der Waals surface area contributed by atoms with E-state index in [4.69, 9.17) is 5.26 Å². The summed E-state index contributed by atoms with van der Waals surface area (Å²) in [6.45, 7) is 3.69. The number of piperidine rings is 1. The molecule has 5 rings (SSSR count). The van der Waals surface area contributed by atoms with Crippen LogP contribution in [0.25, 0.3) is 0 Å². The van der Waals surface area contributed by atoms with Gasteiger partial charge in [-0.2, -0.15) is 18.4 Å². The van der Waals surface area contributed by atoms with Gasteiger partial charge in [0.05, 0.1) is 23.1 Å². The molecule has 2 aromatic rings. The number of hydrogen-bond donors (Lipinski definition) is 1. The monoisotopic (exact) mass is 496 g/mol. The first-order valence-electron chi connectivity index (χ1n) is 12.7. The van der Waals surface area contributed by atoms with Gasteiger partial charge in [0.25, 0.3) is 0 Å². The third-order valence-corrected chi connectivity index (χ3v) is 7.89. The molecule has 1 aliphatic carbocycles. The zero-order valence-electron chi connectivity index (χ0n) is 20.2. The number of anilines is 1. The normalized spacial score (nSPS) is 23.4. The van der Waals surface area contributed by atoms with E-state index in [0.717, 1.165) is 51.4 Å². The highest BCUT2D eigenvalue weighted by Gasteiger charge is 2.43. The molecule has 2 aliphatic heterocycles. The molecule has 190 valence electrons. The van der Waals surface area contributed by atoms with Crippen LogP contribution in [0.3, 0.4) is 0 Å². The van der Waals surface area contributed by atoms with Crippen LogP contribution in [0.15, 0.2) is 48.5 Å². The van der Waals surface area contributed by atoms with Gasteiger partial charge in [-0.15, -0.1) is 0 Å². The number of likely N-dealkylation sites (tertiary alicyclic amines) is 1. The van der Waals surface area contributed by atoms with Gasteiger partial charge < -0.3 is 10.2 Å². The molecule has 8 heteroatoms. The summed E-state index contributed by atoms with van der Waals surface area (Å²) in [5.41, 5.74) is 0.499. The highest BCUT2D eigenvalue weighted by atomic mass is 19.4. The minimum Gasteiger partial charge on any atom is -0.372 e. The number of nitriles is 1. The van der Waals surface area contributed by atoms with Crippen molar-refractivity contribution in [3.63, 3.8) is 0 Å². The van der Waals surface area contributed by atoms with Crippen LogP contribution >= 0.6 is 0 Å². The fraction of sp³-hybridized carbons (Fsp3) is 0.500. The summed E-state index contributed by atoms with van der Waals surface area (Å²) in [7, 11) is 0. The third-order valence-electron chi connectivity index (χ3n) is 7.89. The van der Waals surface area contributed by atoms with Crippen molar-refractivity contribution >= 4 is 11.6 Å². The summed E-state index contributed by atoms with van der Waals surface area (Å²) < 4.78 is 40.3. The minimum atomic E-state index is -4.56. The van der Waals surface area contributed by atoms with E-state index in [1.54, 1.807) is 12.1 Å². The van der Waals surface area contributed by atoms with Gasteiger partial charge in [0.15, 0.2) is 0 Å². The lowest BCUT2D eigenvalue weighted by molar-refractivity contribution is -0.137. The average Bonchev–Trinajstić information content (AvgIpc) is 3.59. The van der Waals surface area contributed by atoms with E-state index in [1.165, 1.54) is 11.6 Å². The van der Waals surface area contributed by atoms with Crippen molar-refractivity contribution in [1.82, 2.24) is 10.2 Å². The minimum absolute atomic E-state index is 0.0578. The Morgan fingerprint density at radius 3 is 2.39 bits per heavy atom. The van der Waals surface area contributed by atoms with Gasteiger partial charge in [0.2, 0.25) is 5.91 Å². The second kappa shape index (κ2) is 10.1. The molecule has 1 N–H and O–H groups in total. The van der Waals surface area contributed by atoms with Crippen LogP contribution in [-0.4, -0.2) is 43.0 Å². The van der Waals surface area contributed by atoms with E-state index in [-0.39, 0.29) is 23.3 Å².